The molecule has 0 radical (unpaired) electrons. The van der Waals surface area contributed by atoms with E-state index < -0.39 is 0 Å². The third kappa shape index (κ3) is 5.07. The summed E-state index contributed by atoms with van der Waals surface area (Å²) in [5, 5.41) is 3.06. The van der Waals surface area contributed by atoms with Gasteiger partial charge in [0, 0.05) is 19.0 Å². The predicted molar refractivity (Wildman–Crippen MR) is 71.6 cm³/mol. The molecule has 0 aromatic rings. The van der Waals surface area contributed by atoms with Gasteiger partial charge in [-0.25, -0.2) is 0 Å². The number of carbonyl (C=O) groups excluding carboxylic acids is 1. The molecular formula is C14H28N2O. The third-order valence-corrected chi connectivity index (χ3v) is 4.16. The van der Waals surface area contributed by atoms with Crippen molar-refractivity contribution in [1.82, 2.24) is 5.32 Å². The van der Waals surface area contributed by atoms with E-state index in [2.05, 4.69) is 19.2 Å². The Kier molecular flexibility index (Phi) is 6.56. The molecular weight excluding hydrogens is 212 g/mol. The fourth-order valence-corrected chi connectivity index (χ4v) is 2.64. The van der Waals surface area contributed by atoms with Gasteiger partial charge in [-0.15, -0.1) is 0 Å². The van der Waals surface area contributed by atoms with E-state index in [1.807, 2.05) is 0 Å². The maximum atomic E-state index is 11.8. The first-order valence-electron chi connectivity index (χ1n) is 7.19. The summed E-state index contributed by atoms with van der Waals surface area (Å²) in [5.41, 5.74) is 6.06. The highest BCUT2D eigenvalue weighted by Crippen LogP contribution is 2.25. The maximum Gasteiger partial charge on any atom is 0.220 e. The number of hydrogen-bond acceptors (Lipinski definition) is 2. The van der Waals surface area contributed by atoms with Crippen molar-refractivity contribution in [2.75, 3.05) is 6.54 Å². The summed E-state index contributed by atoms with van der Waals surface area (Å²) in [7, 11) is 0. The van der Waals surface area contributed by atoms with E-state index in [0.29, 0.717) is 18.3 Å². The number of carbonyl (C=O) groups is 1. The molecule has 1 amide bonds. The van der Waals surface area contributed by atoms with Crippen molar-refractivity contribution in [3.63, 3.8) is 0 Å². The zero-order valence-electron chi connectivity index (χ0n) is 11.4. The first-order chi connectivity index (χ1) is 8.17. The zero-order chi connectivity index (χ0) is 12.7. The fourth-order valence-electron chi connectivity index (χ4n) is 2.64. The van der Waals surface area contributed by atoms with Gasteiger partial charge in [-0.2, -0.15) is 0 Å². The standard InChI is InChI=1S/C14H28N2O/c1-3-11(4-2)10-16-14(17)9-12-7-5-6-8-13(12)15/h11-13H,3-10,15H2,1-2H3,(H,16,17). The Balaban J connectivity index is 2.23. The largest absolute Gasteiger partial charge is 0.356 e. The van der Waals surface area contributed by atoms with Crippen LogP contribution < -0.4 is 11.1 Å². The van der Waals surface area contributed by atoms with Crippen molar-refractivity contribution in [1.29, 1.82) is 0 Å². The first kappa shape index (κ1) is 14.5. The van der Waals surface area contributed by atoms with Gasteiger partial charge in [0.1, 0.15) is 0 Å². The van der Waals surface area contributed by atoms with Gasteiger partial charge in [0.2, 0.25) is 5.91 Å². The van der Waals surface area contributed by atoms with Gasteiger partial charge in [0.25, 0.3) is 0 Å². The summed E-state index contributed by atoms with van der Waals surface area (Å²) in [6, 6.07) is 0.239. The molecule has 0 bridgehead atoms. The molecule has 2 atom stereocenters. The average molecular weight is 240 g/mol. The topological polar surface area (TPSA) is 55.1 Å². The van der Waals surface area contributed by atoms with Crippen molar-refractivity contribution in [3.8, 4) is 0 Å². The second-order valence-electron chi connectivity index (χ2n) is 5.40. The molecule has 3 nitrogen and oxygen atoms in total. The number of nitrogens with one attached hydrogen (secondary N) is 1. The van der Waals surface area contributed by atoms with Gasteiger partial charge >= 0.3 is 0 Å². The van der Waals surface area contributed by atoms with Crippen LogP contribution in [0.25, 0.3) is 0 Å². The minimum atomic E-state index is 0.194. The number of rotatable bonds is 6. The number of amides is 1. The third-order valence-electron chi connectivity index (χ3n) is 4.16. The van der Waals surface area contributed by atoms with Crippen LogP contribution in [-0.4, -0.2) is 18.5 Å². The lowest BCUT2D eigenvalue weighted by Crippen LogP contribution is -2.38. The van der Waals surface area contributed by atoms with Gasteiger partial charge in [-0.1, -0.05) is 39.5 Å². The molecule has 3 N–H and O–H groups in total. The van der Waals surface area contributed by atoms with Crippen LogP contribution in [0, 0.1) is 11.8 Å². The Bertz CT molecular complexity index is 226. The lowest BCUT2D eigenvalue weighted by molar-refractivity contribution is -0.122. The van der Waals surface area contributed by atoms with Crippen LogP contribution in [0.4, 0.5) is 0 Å². The van der Waals surface area contributed by atoms with Crippen molar-refractivity contribution < 1.29 is 4.79 Å². The highest BCUT2D eigenvalue weighted by molar-refractivity contribution is 5.76. The van der Waals surface area contributed by atoms with E-state index in [-0.39, 0.29) is 11.9 Å². The van der Waals surface area contributed by atoms with Crippen molar-refractivity contribution in [2.45, 2.75) is 64.8 Å². The molecule has 0 aliphatic heterocycles. The average Bonchev–Trinajstić information content (AvgIpc) is 2.33. The second kappa shape index (κ2) is 7.70. The normalized spacial score (nSPS) is 24.9. The van der Waals surface area contributed by atoms with E-state index in [0.717, 1.165) is 32.2 Å². The Morgan fingerprint density at radius 2 is 1.94 bits per heavy atom. The molecule has 0 aromatic carbocycles. The van der Waals surface area contributed by atoms with Crippen LogP contribution in [0.15, 0.2) is 0 Å². The molecule has 0 heterocycles. The molecule has 0 saturated heterocycles. The SMILES string of the molecule is CCC(CC)CNC(=O)CC1CCCCC1N. The Hall–Kier alpha value is -0.570. The first-order valence-corrected chi connectivity index (χ1v) is 7.19. The summed E-state index contributed by atoms with van der Waals surface area (Å²) in [5.74, 6) is 1.23. The zero-order valence-corrected chi connectivity index (χ0v) is 11.4. The van der Waals surface area contributed by atoms with Gasteiger partial charge in [0.05, 0.1) is 0 Å². The quantitative estimate of drug-likeness (QED) is 0.749. The van der Waals surface area contributed by atoms with Crippen molar-refractivity contribution in [2.24, 2.45) is 17.6 Å². The van der Waals surface area contributed by atoms with E-state index in [1.54, 1.807) is 0 Å². The van der Waals surface area contributed by atoms with Crippen LogP contribution in [0.2, 0.25) is 0 Å². The van der Waals surface area contributed by atoms with Crippen molar-refractivity contribution >= 4 is 5.91 Å². The molecule has 2 unspecified atom stereocenters. The molecule has 1 aliphatic carbocycles. The number of hydrogen-bond donors (Lipinski definition) is 2. The van der Waals surface area contributed by atoms with Gasteiger partial charge < -0.3 is 11.1 Å². The molecule has 3 heteroatoms. The molecule has 100 valence electrons. The van der Waals surface area contributed by atoms with Crippen LogP contribution in [-0.2, 0) is 4.79 Å². The van der Waals surface area contributed by atoms with Crippen molar-refractivity contribution in [3.05, 3.63) is 0 Å². The molecule has 0 spiro atoms. The number of nitrogens with two attached hydrogens (primary N) is 1. The van der Waals surface area contributed by atoms with E-state index in [1.165, 1.54) is 12.8 Å². The van der Waals surface area contributed by atoms with Crippen LogP contribution in [0.3, 0.4) is 0 Å². The summed E-state index contributed by atoms with van der Waals surface area (Å²) < 4.78 is 0. The minimum absolute atomic E-state index is 0.194. The summed E-state index contributed by atoms with van der Waals surface area (Å²) in [6.45, 7) is 5.18. The summed E-state index contributed by atoms with van der Waals surface area (Å²) in [6.07, 6.45) is 7.58. The Morgan fingerprint density at radius 3 is 2.53 bits per heavy atom. The molecule has 1 aliphatic rings. The smallest absolute Gasteiger partial charge is 0.220 e. The van der Waals surface area contributed by atoms with Gasteiger partial charge in [-0.3, -0.25) is 4.79 Å². The Labute approximate surface area is 106 Å². The lowest BCUT2D eigenvalue weighted by Gasteiger charge is -2.28. The van der Waals surface area contributed by atoms with Gasteiger partial charge in [0.15, 0.2) is 0 Å². The minimum Gasteiger partial charge on any atom is -0.356 e. The summed E-state index contributed by atoms with van der Waals surface area (Å²) in [4.78, 5) is 11.8. The maximum absolute atomic E-state index is 11.8. The molecule has 1 saturated carbocycles. The fraction of sp³-hybridized carbons (Fsp3) is 0.929. The highest BCUT2D eigenvalue weighted by atomic mass is 16.1. The van der Waals surface area contributed by atoms with Crippen LogP contribution in [0.1, 0.15) is 58.8 Å². The lowest BCUT2D eigenvalue weighted by atomic mass is 9.83. The van der Waals surface area contributed by atoms with E-state index in [9.17, 15) is 4.79 Å². The van der Waals surface area contributed by atoms with Gasteiger partial charge in [-0.05, 0) is 24.7 Å². The highest BCUT2D eigenvalue weighted by Gasteiger charge is 2.24. The molecule has 0 aromatic heterocycles. The summed E-state index contributed by atoms with van der Waals surface area (Å²) >= 11 is 0. The van der Waals surface area contributed by atoms with Crippen LogP contribution in [0.5, 0.6) is 0 Å². The van der Waals surface area contributed by atoms with E-state index in [4.69, 9.17) is 5.73 Å². The van der Waals surface area contributed by atoms with Crippen LogP contribution >= 0.6 is 0 Å². The second-order valence-corrected chi connectivity index (χ2v) is 5.40. The molecule has 1 rings (SSSR count). The predicted octanol–water partition coefficient (Wildman–Crippen LogP) is 2.45. The Morgan fingerprint density at radius 1 is 1.29 bits per heavy atom. The molecule has 1 fully saturated rings. The molecule has 17 heavy (non-hydrogen) atoms. The van der Waals surface area contributed by atoms with E-state index >= 15 is 0 Å². The monoisotopic (exact) mass is 240 g/mol.